The first-order valence-corrected chi connectivity index (χ1v) is 26.2. The molecule has 0 radical (unpaired) electrons. The highest BCUT2D eigenvalue weighted by atomic mass is 32.2. The molecule has 0 unspecified atom stereocenters. The van der Waals surface area contributed by atoms with Crippen molar-refractivity contribution in [1.82, 2.24) is 29.7 Å². The van der Waals surface area contributed by atoms with E-state index < -0.39 is 29.0 Å². The van der Waals surface area contributed by atoms with Gasteiger partial charge in [0.15, 0.2) is 28.6 Å². The predicted octanol–water partition coefficient (Wildman–Crippen LogP) is 9.40. The molecule has 1 aromatic carbocycles. The molecular formula is C42H57N7O4SSi2. The zero-order valence-corrected chi connectivity index (χ0v) is 38.0. The van der Waals surface area contributed by atoms with Gasteiger partial charge in [-0.3, -0.25) is 0 Å². The quantitative estimate of drug-likeness (QED) is 0.107. The average Bonchev–Trinajstić information content (AvgIpc) is 3.78. The molecule has 0 amide bonds. The van der Waals surface area contributed by atoms with E-state index in [1.165, 1.54) is 23.8 Å². The standard InChI is InChI=1S/C42H57N7O4SSi2/c1-26-14-16-30(18-27(26)2)35-32(28(3)48-51-35)22-54-23-33-36(52-55(10,11)41(4,5)6)37(53-56(12,13)42(7,8)9)40(50-33)49-21-31(17-15-29-19-44-24-45-20-29)34-38(43)46-25-47-39(34)49/h14,16,18-21,24-25,33,36-37,40H,22-23H2,1-13H3,(H2,43,46,47)/t33-,36-,37-,40-/m1/s1. The Labute approximate surface area is 338 Å². The first kappa shape index (κ1) is 41.8. The van der Waals surface area contributed by atoms with Crippen LogP contribution in [0.5, 0.6) is 0 Å². The molecule has 1 aliphatic rings. The van der Waals surface area contributed by atoms with E-state index in [0.717, 1.165) is 22.6 Å². The third kappa shape index (κ3) is 8.53. The number of nitrogen functional groups attached to an aromatic ring is 1. The lowest BCUT2D eigenvalue weighted by Crippen LogP contribution is -2.53. The van der Waals surface area contributed by atoms with Gasteiger partial charge in [-0.1, -0.05) is 70.7 Å². The number of rotatable bonds is 10. The molecular weight excluding hydrogens is 755 g/mol. The van der Waals surface area contributed by atoms with E-state index in [0.29, 0.717) is 39.5 Å². The summed E-state index contributed by atoms with van der Waals surface area (Å²) in [5.74, 6) is 8.98. The largest absolute Gasteiger partial charge is 0.408 e. The molecule has 1 aliphatic heterocycles. The molecule has 2 N–H and O–H groups in total. The maximum atomic E-state index is 7.45. The van der Waals surface area contributed by atoms with Gasteiger partial charge in [-0.2, -0.15) is 11.8 Å². The van der Waals surface area contributed by atoms with Gasteiger partial charge in [0, 0.05) is 41.2 Å². The van der Waals surface area contributed by atoms with Crippen molar-refractivity contribution >= 4 is 45.2 Å². The minimum Gasteiger partial charge on any atom is -0.408 e. The van der Waals surface area contributed by atoms with E-state index in [1.807, 2.05) is 17.7 Å². The van der Waals surface area contributed by atoms with Crippen molar-refractivity contribution in [2.75, 3.05) is 11.5 Å². The second-order valence-corrected chi connectivity index (χ2v) is 28.5. The SMILES string of the molecule is Cc1ccc(-c2onc(C)c2CSC[C@H]2O[C@@H](n3cc(C#Cc4cncnc4)c4c(N)ncnc43)[C@H](O[Si](C)(C)C(C)(C)C)[C@@H]2O[Si](C)(C)C(C)(C)C)cc1C. The van der Waals surface area contributed by atoms with Crippen LogP contribution in [0.2, 0.25) is 36.3 Å². The fraction of sp³-hybridized carbons (Fsp3) is 0.500. The molecule has 0 aliphatic carbocycles. The fourth-order valence-corrected chi connectivity index (χ4v) is 9.98. The van der Waals surface area contributed by atoms with Crippen LogP contribution in [0.15, 0.2) is 54.0 Å². The van der Waals surface area contributed by atoms with E-state index in [1.54, 1.807) is 24.2 Å². The number of anilines is 1. The third-order valence-electron chi connectivity index (χ3n) is 11.9. The molecule has 298 valence electrons. The number of hydrogen-bond donors (Lipinski definition) is 1. The lowest BCUT2D eigenvalue weighted by molar-refractivity contribution is -0.0244. The summed E-state index contributed by atoms with van der Waals surface area (Å²) < 4.78 is 30.1. The summed E-state index contributed by atoms with van der Waals surface area (Å²) in [6.45, 7) is 29.0. The van der Waals surface area contributed by atoms with Gasteiger partial charge in [0.2, 0.25) is 0 Å². The van der Waals surface area contributed by atoms with Crippen LogP contribution in [-0.2, 0) is 19.3 Å². The molecule has 0 spiro atoms. The van der Waals surface area contributed by atoms with Crippen LogP contribution in [0.3, 0.4) is 0 Å². The van der Waals surface area contributed by atoms with Gasteiger partial charge in [-0.15, -0.1) is 0 Å². The molecule has 11 nitrogen and oxygen atoms in total. The van der Waals surface area contributed by atoms with Crippen molar-refractivity contribution in [3.8, 4) is 23.2 Å². The third-order valence-corrected chi connectivity index (χ3v) is 21.9. The molecule has 1 saturated heterocycles. The number of nitrogens with zero attached hydrogens (tertiary/aromatic N) is 6. The monoisotopic (exact) mass is 811 g/mol. The highest BCUT2D eigenvalue weighted by Gasteiger charge is 2.54. The van der Waals surface area contributed by atoms with Crippen molar-refractivity contribution in [3.63, 3.8) is 0 Å². The minimum atomic E-state index is -2.39. The maximum Gasteiger partial charge on any atom is 0.192 e. The smallest absolute Gasteiger partial charge is 0.192 e. The summed E-state index contributed by atoms with van der Waals surface area (Å²) in [6, 6.07) is 6.41. The summed E-state index contributed by atoms with van der Waals surface area (Å²) in [5.41, 5.74) is 14.0. The van der Waals surface area contributed by atoms with Crippen molar-refractivity contribution in [2.45, 2.75) is 129 Å². The van der Waals surface area contributed by atoms with Gasteiger partial charge in [-0.25, -0.2) is 19.9 Å². The molecule has 6 rings (SSSR count). The molecule has 1 fully saturated rings. The summed E-state index contributed by atoms with van der Waals surface area (Å²) in [6.07, 6.45) is 6.59. The topological polar surface area (TPSA) is 136 Å². The van der Waals surface area contributed by atoms with Gasteiger partial charge in [-0.05, 0) is 74.2 Å². The highest BCUT2D eigenvalue weighted by molar-refractivity contribution is 7.98. The summed E-state index contributed by atoms with van der Waals surface area (Å²) >= 11 is 1.79. The maximum absolute atomic E-state index is 7.45. The number of benzene rings is 1. The van der Waals surface area contributed by atoms with E-state index in [4.69, 9.17) is 28.8 Å². The molecule has 5 heterocycles. The summed E-state index contributed by atoms with van der Waals surface area (Å²) in [7, 11) is -4.73. The first-order valence-electron chi connectivity index (χ1n) is 19.2. The van der Waals surface area contributed by atoms with E-state index in [2.05, 4.69) is 132 Å². The van der Waals surface area contributed by atoms with Crippen LogP contribution in [0, 0.1) is 32.6 Å². The lowest BCUT2D eigenvalue weighted by Gasteiger charge is -2.44. The zero-order chi connectivity index (χ0) is 40.8. The van der Waals surface area contributed by atoms with E-state index in [9.17, 15) is 0 Å². The number of hydrogen-bond acceptors (Lipinski definition) is 11. The number of aromatic nitrogens is 6. The van der Waals surface area contributed by atoms with Gasteiger partial charge in [0.05, 0.1) is 28.3 Å². The molecule has 0 saturated carbocycles. The number of nitrogens with two attached hydrogens (primary N) is 1. The van der Waals surface area contributed by atoms with Crippen LogP contribution in [0.4, 0.5) is 5.82 Å². The first-order chi connectivity index (χ1) is 26.2. The zero-order valence-electron chi connectivity index (χ0n) is 35.1. The Balaban J connectivity index is 1.42. The fourth-order valence-electron chi connectivity index (χ4n) is 6.21. The van der Waals surface area contributed by atoms with E-state index in [-0.39, 0.29) is 22.3 Å². The van der Waals surface area contributed by atoms with Crippen molar-refractivity contribution in [2.24, 2.45) is 0 Å². The Kier molecular flexibility index (Phi) is 11.8. The Hall–Kier alpha value is -3.85. The van der Waals surface area contributed by atoms with Crippen LogP contribution >= 0.6 is 11.8 Å². The number of ether oxygens (including phenoxy) is 1. The van der Waals surface area contributed by atoms with Gasteiger partial charge < -0.3 is 28.4 Å². The molecule has 14 heteroatoms. The summed E-state index contributed by atoms with van der Waals surface area (Å²) in [4.78, 5) is 17.4. The summed E-state index contributed by atoms with van der Waals surface area (Å²) in [5, 5.41) is 4.94. The normalized spacial score (nSPS) is 19.4. The van der Waals surface area contributed by atoms with Crippen LogP contribution in [0.25, 0.3) is 22.4 Å². The van der Waals surface area contributed by atoms with Crippen molar-refractivity contribution < 1.29 is 18.1 Å². The van der Waals surface area contributed by atoms with Gasteiger partial charge in [0.25, 0.3) is 0 Å². The van der Waals surface area contributed by atoms with Crippen molar-refractivity contribution in [3.05, 3.63) is 83.0 Å². The van der Waals surface area contributed by atoms with Gasteiger partial charge >= 0.3 is 0 Å². The Morgan fingerprint density at radius 2 is 1.54 bits per heavy atom. The molecule has 4 aromatic heterocycles. The van der Waals surface area contributed by atoms with Gasteiger partial charge in [0.1, 0.15) is 36.3 Å². The van der Waals surface area contributed by atoms with E-state index >= 15 is 0 Å². The number of fused-ring (bicyclic) bond motifs is 1. The Morgan fingerprint density at radius 1 is 0.875 bits per heavy atom. The highest BCUT2D eigenvalue weighted by Crippen LogP contribution is 2.47. The average molecular weight is 812 g/mol. The number of aryl methyl sites for hydroxylation is 3. The molecule has 0 bridgehead atoms. The Morgan fingerprint density at radius 3 is 2.18 bits per heavy atom. The number of thioether (sulfide) groups is 1. The predicted molar refractivity (Wildman–Crippen MR) is 230 cm³/mol. The molecule has 56 heavy (non-hydrogen) atoms. The molecule has 5 aromatic rings. The minimum absolute atomic E-state index is 0.0450. The lowest BCUT2D eigenvalue weighted by atomic mass is 10.0. The van der Waals surface area contributed by atoms with Crippen LogP contribution in [0.1, 0.15) is 81.3 Å². The second kappa shape index (κ2) is 15.8. The molecule has 4 atom stereocenters. The van der Waals surface area contributed by atoms with Crippen LogP contribution in [-0.4, -0.2) is 70.4 Å². The van der Waals surface area contributed by atoms with Crippen LogP contribution < -0.4 is 5.73 Å². The Bertz CT molecular complexity index is 2250. The van der Waals surface area contributed by atoms with Crippen molar-refractivity contribution in [1.29, 1.82) is 0 Å². The second-order valence-electron chi connectivity index (χ2n) is 17.9.